The number of thiophene rings is 1. The van der Waals surface area contributed by atoms with E-state index >= 15 is 0 Å². The third kappa shape index (κ3) is 8.10. The number of aliphatic hydroxyl groups is 1. The number of carbonyl (C=O) groups excluding carboxylic acids is 1. The van der Waals surface area contributed by atoms with Gasteiger partial charge in [-0.25, -0.2) is 24.9 Å². The van der Waals surface area contributed by atoms with Gasteiger partial charge in [0.1, 0.15) is 11.9 Å². The van der Waals surface area contributed by atoms with Gasteiger partial charge in [0.15, 0.2) is 5.16 Å². The SMILES string of the molecule is CN(C)C(=O)c1sc2cnc(Nc3ccc(N4CCNCC4)cn3)nc2c1C1CCCC1.CSc1ncc(Br)c(C(O)C2CCCC2)n1. The number of aliphatic hydroxyl groups excluding tert-OH is 1. The van der Waals surface area contributed by atoms with Crippen LogP contribution in [0.1, 0.15) is 84.3 Å². The van der Waals surface area contributed by atoms with E-state index < -0.39 is 6.10 Å². The Kier molecular flexibility index (Phi) is 11.8. The number of carbonyl (C=O) groups is 1. The zero-order valence-corrected chi connectivity index (χ0v) is 31.0. The highest BCUT2D eigenvalue weighted by molar-refractivity contribution is 9.10. The Morgan fingerprint density at radius 1 is 1.04 bits per heavy atom. The molecule has 4 aromatic rings. The van der Waals surface area contributed by atoms with Crippen LogP contribution in [-0.2, 0) is 0 Å². The minimum Gasteiger partial charge on any atom is -0.386 e. The molecule has 4 aromatic heterocycles. The van der Waals surface area contributed by atoms with E-state index in [1.807, 2.05) is 24.7 Å². The molecule has 2 saturated carbocycles. The molecule has 1 aliphatic heterocycles. The molecule has 48 heavy (non-hydrogen) atoms. The lowest BCUT2D eigenvalue weighted by atomic mass is 9.96. The number of aromatic nitrogens is 5. The highest BCUT2D eigenvalue weighted by Gasteiger charge is 2.30. The maximum absolute atomic E-state index is 12.9. The number of amides is 1. The van der Waals surface area contributed by atoms with E-state index in [2.05, 4.69) is 57.5 Å². The average Bonchev–Trinajstić information content (AvgIpc) is 3.91. The molecule has 1 amide bonds. The zero-order chi connectivity index (χ0) is 33.6. The summed E-state index contributed by atoms with van der Waals surface area (Å²) < 4.78 is 1.77. The fourth-order valence-corrected chi connectivity index (χ4v) is 8.77. The molecule has 3 N–H and O–H groups in total. The van der Waals surface area contributed by atoms with Crippen molar-refractivity contribution in [3.8, 4) is 0 Å². The van der Waals surface area contributed by atoms with Gasteiger partial charge >= 0.3 is 0 Å². The van der Waals surface area contributed by atoms with Crippen LogP contribution in [0.2, 0.25) is 0 Å². The molecule has 2 aliphatic carbocycles. The summed E-state index contributed by atoms with van der Waals surface area (Å²) in [6, 6.07) is 4.05. The number of hydrogen-bond donors (Lipinski definition) is 3. The minimum absolute atomic E-state index is 0.0505. The largest absolute Gasteiger partial charge is 0.386 e. The number of piperazine rings is 1. The Balaban J connectivity index is 0.000000211. The van der Waals surface area contributed by atoms with Crippen molar-refractivity contribution in [2.45, 2.75) is 68.5 Å². The summed E-state index contributed by atoms with van der Waals surface area (Å²) in [6.45, 7) is 3.97. The van der Waals surface area contributed by atoms with Crippen molar-refractivity contribution in [3.63, 3.8) is 0 Å². The number of pyridine rings is 1. The highest BCUT2D eigenvalue weighted by atomic mass is 79.9. The monoisotopic (exact) mass is 753 g/mol. The first kappa shape index (κ1) is 34.9. The Bertz CT molecular complexity index is 1690. The van der Waals surface area contributed by atoms with Gasteiger partial charge in [-0.1, -0.05) is 37.4 Å². The van der Waals surface area contributed by atoms with Crippen LogP contribution in [0, 0.1) is 5.92 Å². The molecule has 0 aromatic carbocycles. The zero-order valence-electron chi connectivity index (χ0n) is 27.8. The first-order valence-corrected chi connectivity index (χ1v) is 19.6. The molecule has 7 rings (SSSR count). The van der Waals surface area contributed by atoms with Gasteiger partial charge in [-0.15, -0.1) is 11.3 Å². The third-order valence-corrected chi connectivity index (χ3v) is 11.6. The van der Waals surface area contributed by atoms with Crippen LogP contribution in [0.25, 0.3) is 10.2 Å². The van der Waals surface area contributed by atoms with Crippen LogP contribution in [0.3, 0.4) is 0 Å². The van der Waals surface area contributed by atoms with Crippen molar-refractivity contribution in [2.75, 3.05) is 56.7 Å². The van der Waals surface area contributed by atoms with E-state index in [0.29, 0.717) is 23.6 Å². The van der Waals surface area contributed by atoms with Gasteiger partial charge in [-0.2, -0.15) is 0 Å². The number of anilines is 3. The molecule has 1 unspecified atom stereocenters. The molecule has 0 radical (unpaired) electrons. The fourth-order valence-electron chi connectivity index (χ4n) is 6.78. The molecule has 3 fully saturated rings. The molecular weight excluding hydrogens is 710 g/mol. The molecule has 256 valence electrons. The van der Waals surface area contributed by atoms with Crippen molar-refractivity contribution >= 4 is 72.6 Å². The summed E-state index contributed by atoms with van der Waals surface area (Å²) in [5.41, 5.74) is 3.88. The van der Waals surface area contributed by atoms with Crippen LogP contribution in [0.5, 0.6) is 0 Å². The molecule has 11 nitrogen and oxygen atoms in total. The van der Waals surface area contributed by atoms with Crippen molar-refractivity contribution in [1.82, 2.24) is 35.1 Å². The van der Waals surface area contributed by atoms with Gasteiger partial charge in [0.2, 0.25) is 5.95 Å². The average molecular weight is 755 g/mol. The lowest BCUT2D eigenvalue weighted by Gasteiger charge is -2.29. The van der Waals surface area contributed by atoms with E-state index in [9.17, 15) is 9.90 Å². The summed E-state index contributed by atoms with van der Waals surface area (Å²) >= 11 is 6.42. The van der Waals surface area contributed by atoms with Crippen LogP contribution < -0.4 is 15.5 Å². The smallest absolute Gasteiger partial charge is 0.263 e. The number of halogens is 1. The lowest BCUT2D eigenvalue weighted by Crippen LogP contribution is -2.43. The van der Waals surface area contributed by atoms with Crippen molar-refractivity contribution in [2.24, 2.45) is 5.92 Å². The van der Waals surface area contributed by atoms with Gasteiger partial charge in [-0.05, 0) is 71.8 Å². The molecule has 1 saturated heterocycles. The van der Waals surface area contributed by atoms with E-state index in [1.165, 1.54) is 48.8 Å². The lowest BCUT2D eigenvalue weighted by molar-refractivity contribution is 0.0831. The summed E-state index contributed by atoms with van der Waals surface area (Å²) in [6.07, 6.45) is 16.2. The van der Waals surface area contributed by atoms with E-state index in [4.69, 9.17) is 4.98 Å². The van der Waals surface area contributed by atoms with Crippen LogP contribution >= 0.6 is 39.0 Å². The first-order valence-electron chi connectivity index (χ1n) is 16.8. The highest BCUT2D eigenvalue weighted by Crippen LogP contribution is 2.43. The summed E-state index contributed by atoms with van der Waals surface area (Å²) in [7, 11) is 3.61. The third-order valence-electron chi connectivity index (χ3n) is 9.36. The van der Waals surface area contributed by atoms with Crippen LogP contribution in [-0.4, -0.2) is 87.4 Å². The normalized spacial score (nSPS) is 17.7. The predicted octanol–water partition coefficient (Wildman–Crippen LogP) is 6.78. The van der Waals surface area contributed by atoms with Crippen molar-refractivity contribution < 1.29 is 9.90 Å². The molecular formula is C34H44BrN9O2S2. The number of hydrogen-bond acceptors (Lipinski definition) is 12. The van der Waals surface area contributed by atoms with Crippen molar-refractivity contribution in [3.05, 3.63) is 51.3 Å². The van der Waals surface area contributed by atoms with Gasteiger partial charge in [0.05, 0.1) is 43.3 Å². The molecule has 14 heteroatoms. The van der Waals surface area contributed by atoms with E-state index in [0.717, 1.165) is 93.5 Å². The Morgan fingerprint density at radius 3 is 2.44 bits per heavy atom. The molecule has 0 spiro atoms. The van der Waals surface area contributed by atoms with E-state index in [-0.39, 0.29) is 5.91 Å². The van der Waals surface area contributed by atoms with Gasteiger partial charge in [0, 0.05) is 52.0 Å². The summed E-state index contributed by atoms with van der Waals surface area (Å²) in [4.78, 5) is 40.2. The van der Waals surface area contributed by atoms with Crippen molar-refractivity contribution in [1.29, 1.82) is 0 Å². The fraction of sp³-hybridized carbons (Fsp3) is 0.529. The molecule has 3 aliphatic rings. The second-order valence-corrected chi connectivity index (χ2v) is 15.5. The predicted molar refractivity (Wildman–Crippen MR) is 198 cm³/mol. The Hall–Kier alpha value is -2.91. The number of nitrogens with one attached hydrogen (secondary N) is 2. The van der Waals surface area contributed by atoms with Gasteiger partial charge < -0.3 is 25.5 Å². The summed E-state index contributed by atoms with van der Waals surface area (Å²) in [5, 5.41) is 17.6. The van der Waals surface area contributed by atoms with E-state index in [1.54, 1.807) is 25.2 Å². The minimum atomic E-state index is -0.453. The second kappa shape index (κ2) is 16.2. The Morgan fingerprint density at radius 2 is 1.77 bits per heavy atom. The molecule has 0 bridgehead atoms. The Labute approximate surface area is 298 Å². The van der Waals surface area contributed by atoms with Gasteiger partial charge in [0.25, 0.3) is 5.91 Å². The quantitative estimate of drug-likeness (QED) is 0.130. The number of thioether (sulfide) groups is 1. The number of rotatable bonds is 8. The topological polar surface area (TPSA) is 132 Å². The summed E-state index contributed by atoms with van der Waals surface area (Å²) in [5.74, 6) is 2.03. The van der Waals surface area contributed by atoms with Crippen LogP contribution in [0.4, 0.5) is 17.5 Å². The maximum Gasteiger partial charge on any atom is 0.263 e. The van der Waals surface area contributed by atoms with Gasteiger partial charge in [-0.3, -0.25) is 4.79 Å². The number of fused-ring (bicyclic) bond motifs is 1. The second-order valence-electron chi connectivity index (χ2n) is 12.8. The molecule has 1 atom stereocenters. The first-order chi connectivity index (χ1) is 23.3. The maximum atomic E-state index is 12.9. The standard InChI is InChI=1S/C23H29N7OS.C11H15BrN2OS/c1-29(2)22(31)21-19(15-5-3-4-6-15)20-17(32-21)14-26-23(28-20)27-18-8-7-16(13-25-18)30-11-9-24-10-12-30;1-16-11-13-6-8(12)9(14-11)10(15)7-4-2-3-5-7/h7-8,13-15,24H,3-6,9-12H2,1-2H3,(H,25,26,27,28);6-7,10,15H,2-5H2,1H3. The number of nitrogens with zero attached hydrogens (tertiary/aromatic N) is 7. The van der Waals surface area contributed by atoms with Crippen LogP contribution in [0.15, 0.2) is 40.4 Å². The molecule has 5 heterocycles.